The first-order valence-corrected chi connectivity index (χ1v) is 6.29. The van der Waals surface area contributed by atoms with Crippen molar-refractivity contribution in [3.8, 4) is 0 Å². The summed E-state index contributed by atoms with van der Waals surface area (Å²) in [6.07, 6.45) is 1.18. The van der Waals surface area contributed by atoms with E-state index >= 15 is 0 Å². The number of rotatable bonds is 3. The van der Waals surface area contributed by atoms with E-state index in [9.17, 15) is 4.79 Å². The molecule has 2 rings (SSSR count). The highest BCUT2D eigenvalue weighted by Gasteiger charge is 2.26. The predicted octanol–water partition coefficient (Wildman–Crippen LogP) is 2.10. The monoisotopic (exact) mass is 272 g/mol. The number of carbonyl (C=O) groups excluding carboxylic acids is 1. The van der Waals surface area contributed by atoms with Crippen LogP contribution in [0.5, 0.6) is 0 Å². The second-order valence-corrected chi connectivity index (χ2v) is 5.13. The molecule has 3 nitrogen and oxygen atoms in total. The number of carbonyl (C=O) groups is 1. The van der Waals surface area contributed by atoms with E-state index in [1.807, 2.05) is 6.07 Å². The van der Waals surface area contributed by atoms with E-state index in [1.54, 1.807) is 17.0 Å². The molecule has 1 heterocycles. The van der Waals surface area contributed by atoms with Gasteiger partial charge in [0.2, 0.25) is 5.91 Å². The Kier molecular flexibility index (Phi) is 3.92. The van der Waals surface area contributed by atoms with E-state index in [1.165, 1.54) is 0 Å². The van der Waals surface area contributed by atoms with Crippen LogP contribution in [-0.2, 0) is 11.2 Å². The molecule has 92 valence electrons. The van der Waals surface area contributed by atoms with Crippen LogP contribution in [0.2, 0.25) is 10.0 Å². The number of amides is 1. The molecule has 2 N–H and O–H groups in total. The maximum absolute atomic E-state index is 11.5. The highest BCUT2D eigenvalue weighted by Crippen LogP contribution is 2.22. The lowest BCUT2D eigenvalue weighted by atomic mass is 10.1. The first-order chi connectivity index (χ1) is 8.06. The van der Waals surface area contributed by atoms with E-state index in [0.717, 1.165) is 12.0 Å². The molecule has 1 aromatic carbocycles. The second-order valence-electron chi connectivity index (χ2n) is 4.29. The van der Waals surface area contributed by atoms with Crippen LogP contribution in [-0.4, -0.2) is 29.9 Å². The van der Waals surface area contributed by atoms with Crippen LogP contribution in [0.25, 0.3) is 0 Å². The maximum Gasteiger partial charge on any atom is 0.224 e. The molecule has 17 heavy (non-hydrogen) atoms. The Balaban J connectivity index is 1.96. The molecule has 0 bridgehead atoms. The third-order valence-corrected chi connectivity index (χ3v) is 3.50. The van der Waals surface area contributed by atoms with Crippen LogP contribution in [0.4, 0.5) is 0 Å². The van der Waals surface area contributed by atoms with Gasteiger partial charge in [0.25, 0.3) is 0 Å². The van der Waals surface area contributed by atoms with Gasteiger partial charge in [-0.15, -0.1) is 0 Å². The molecular weight excluding hydrogens is 259 g/mol. The molecule has 0 aliphatic carbocycles. The van der Waals surface area contributed by atoms with Crippen molar-refractivity contribution in [2.75, 3.05) is 13.1 Å². The molecule has 1 aromatic rings. The minimum atomic E-state index is -0.0248. The molecule has 5 heteroatoms. The van der Waals surface area contributed by atoms with Crippen LogP contribution in [0.1, 0.15) is 12.0 Å². The number of nitrogens with two attached hydrogens (primary N) is 1. The van der Waals surface area contributed by atoms with Crippen molar-refractivity contribution in [3.63, 3.8) is 0 Å². The lowest BCUT2D eigenvalue weighted by molar-refractivity contribution is -0.127. The van der Waals surface area contributed by atoms with Gasteiger partial charge in [0, 0.05) is 35.6 Å². The van der Waals surface area contributed by atoms with E-state index in [4.69, 9.17) is 28.9 Å². The minimum absolute atomic E-state index is 0.0248. The van der Waals surface area contributed by atoms with Gasteiger partial charge in [-0.3, -0.25) is 4.79 Å². The van der Waals surface area contributed by atoms with Gasteiger partial charge in [0.15, 0.2) is 0 Å². The zero-order chi connectivity index (χ0) is 12.4. The molecule has 0 saturated carbocycles. The van der Waals surface area contributed by atoms with Gasteiger partial charge in [0.1, 0.15) is 0 Å². The van der Waals surface area contributed by atoms with Crippen LogP contribution < -0.4 is 5.73 Å². The summed E-state index contributed by atoms with van der Waals surface area (Å²) in [7, 11) is 0. The fraction of sp³-hybridized carbons (Fsp3) is 0.417. The quantitative estimate of drug-likeness (QED) is 0.916. The summed E-state index contributed by atoms with van der Waals surface area (Å²) >= 11 is 11.9. The van der Waals surface area contributed by atoms with E-state index in [-0.39, 0.29) is 11.9 Å². The van der Waals surface area contributed by atoms with E-state index < -0.39 is 0 Å². The standard InChI is InChI=1S/C12H14Cl2N2O/c13-9-2-1-8(11(14)5-9)3-4-16-7-10(15)6-12(16)17/h1-2,5,10H,3-4,6-7,15H2. The Hall–Kier alpha value is -0.770. The van der Waals surface area contributed by atoms with Gasteiger partial charge in [-0.25, -0.2) is 0 Å². The zero-order valence-corrected chi connectivity index (χ0v) is 10.8. The number of likely N-dealkylation sites (tertiary alicyclic amines) is 1. The summed E-state index contributed by atoms with van der Waals surface area (Å²) in [6, 6.07) is 5.39. The summed E-state index contributed by atoms with van der Waals surface area (Å²) < 4.78 is 0. The van der Waals surface area contributed by atoms with Crippen molar-refractivity contribution in [2.24, 2.45) is 5.73 Å². The molecule has 0 spiro atoms. The normalized spacial score (nSPS) is 20.1. The molecule has 1 fully saturated rings. The average Bonchev–Trinajstić information content (AvgIpc) is 2.56. The summed E-state index contributed by atoms with van der Waals surface area (Å²) in [6.45, 7) is 1.30. The van der Waals surface area contributed by atoms with Gasteiger partial charge >= 0.3 is 0 Å². The van der Waals surface area contributed by atoms with Crippen LogP contribution in [0.3, 0.4) is 0 Å². The lowest BCUT2D eigenvalue weighted by Gasteiger charge is -2.16. The number of hydrogen-bond donors (Lipinski definition) is 1. The van der Waals surface area contributed by atoms with Crippen molar-refractivity contribution >= 4 is 29.1 Å². The molecule has 1 aliphatic rings. The molecule has 1 aliphatic heterocycles. The maximum atomic E-state index is 11.5. The molecule has 1 saturated heterocycles. The Morgan fingerprint density at radius 3 is 2.76 bits per heavy atom. The predicted molar refractivity (Wildman–Crippen MR) is 69.3 cm³/mol. The average molecular weight is 273 g/mol. The Morgan fingerprint density at radius 2 is 2.18 bits per heavy atom. The van der Waals surface area contributed by atoms with Crippen LogP contribution in [0, 0.1) is 0 Å². The summed E-state index contributed by atoms with van der Waals surface area (Å²) in [5, 5.41) is 1.27. The SMILES string of the molecule is NC1CC(=O)N(CCc2ccc(Cl)cc2Cl)C1. The Bertz CT molecular complexity index is 437. The molecule has 0 aromatic heterocycles. The fourth-order valence-electron chi connectivity index (χ4n) is 2.00. The molecule has 1 amide bonds. The topological polar surface area (TPSA) is 46.3 Å². The van der Waals surface area contributed by atoms with Crippen LogP contribution >= 0.6 is 23.2 Å². The molecule has 1 atom stereocenters. The van der Waals surface area contributed by atoms with Crippen molar-refractivity contribution in [2.45, 2.75) is 18.9 Å². The highest BCUT2D eigenvalue weighted by atomic mass is 35.5. The van der Waals surface area contributed by atoms with Crippen molar-refractivity contribution in [3.05, 3.63) is 33.8 Å². The number of hydrogen-bond acceptors (Lipinski definition) is 2. The largest absolute Gasteiger partial charge is 0.341 e. The minimum Gasteiger partial charge on any atom is -0.341 e. The van der Waals surface area contributed by atoms with Crippen LogP contribution in [0.15, 0.2) is 18.2 Å². The molecular formula is C12H14Cl2N2O. The Labute approximate surface area is 110 Å². The lowest BCUT2D eigenvalue weighted by Crippen LogP contribution is -2.30. The highest BCUT2D eigenvalue weighted by molar-refractivity contribution is 6.35. The van der Waals surface area contributed by atoms with Crippen molar-refractivity contribution < 1.29 is 4.79 Å². The van der Waals surface area contributed by atoms with E-state index in [0.29, 0.717) is 29.6 Å². The van der Waals surface area contributed by atoms with E-state index in [2.05, 4.69) is 0 Å². The smallest absolute Gasteiger partial charge is 0.224 e. The summed E-state index contributed by atoms with van der Waals surface area (Å²) in [5.74, 6) is 0.127. The third kappa shape index (κ3) is 3.12. The Morgan fingerprint density at radius 1 is 1.41 bits per heavy atom. The van der Waals surface area contributed by atoms with Gasteiger partial charge in [-0.05, 0) is 24.1 Å². The van der Waals surface area contributed by atoms with Gasteiger partial charge < -0.3 is 10.6 Å². The molecule has 0 radical (unpaired) electrons. The third-order valence-electron chi connectivity index (χ3n) is 2.91. The molecule has 1 unspecified atom stereocenters. The fourth-order valence-corrected chi connectivity index (χ4v) is 2.50. The first-order valence-electron chi connectivity index (χ1n) is 5.53. The number of halogens is 2. The van der Waals surface area contributed by atoms with Gasteiger partial charge in [-0.1, -0.05) is 29.3 Å². The number of benzene rings is 1. The second kappa shape index (κ2) is 5.25. The summed E-state index contributed by atoms with van der Waals surface area (Å²) in [5.41, 5.74) is 6.73. The first kappa shape index (κ1) is 12.7. The summed E-state index contributed by atoms with van der Waals surface area (Å²) in [4.78, 5) is 13.3. The van der Waals surface area contributed by atoms with Crippen molar-refractivity contribution in [1.29, 1.82) is 0 Å². The zero-order valence-electron chi connectivity index (χ0n) is 9.33. The van der Waals surface area contributed by atoms with Crippen molar-refractivity contribution in [1.82, 2.24) is 4.90 Å². The van der Waals surface area contributed by atoms with Gasteiger partial charge in [0.05, 0.1) is 0 Å². The number of nitrogens with zero attached hydrogens (tertiary/aromatic N) is 1. The van der Waals surface area contributed by atoms with Gasteiger partial charge in [-0.2, -0.15) is 0 Å².